The van der Waals surface area contributed by atoms with Crippen LogP contribution in [0.15, 0.2) is 36.5 Å². The van der Waals surface area contributed by atoms with Crippen molar-refractivity contribution in [3.05, 3.63) is 53.3 Å². The largest absolute Gasteiger partial charge is 0.478 e. The van der Waals surface area contributed by atoms with E-state index in [4.69, 9.17) is 5.11 Å². The smallest absolute Gasteiger partial charge is 0.335 e. The fourth-order valence-electron chi connectivity index (χ4n) is 1.80. The van der Waals surface area contributed by atoms with Crippen molar-refractivity contribution >= 4 is 5.97 Å². The average molecular weight is 259 g/mol. The van der Waals surface area contributed by atoms with E-state index >= 15 is 0 Å². The second-order valence-corrected chi connectivity index (χ2v) is 4.52. The normalized spacial score (nSPS) is 12.3. The van der Waals surface area contributed by atoms with Crippen LogP contribution in [-0.2, 0) is 13.6 Å². The van der Waals surface area contributed by atoms with E-state index in [0.717, 1.165) is 11.3 Å². The topological polar surface area (TPSA) is 67.2 Å². The lowest BCUT2D eigenvalue weighted by Gasteiger charge is -2.11. The van der Waals surface area contributed by atoms with Gasteiger partial charge in [0.05, 0.1) is 11.3 Å². The van der Waals surface area contributed by atoms with Crippen LogP contribution in [0.2, 0.25) is 0 Å². The molecule has 2 N–H and O–H groups in total. The Labute approximate surface area is 111 Å². The summed E-state index contributed by atoms with van der Waals surface area (Å²) in [6.07, 6.45) is 1.91. The van der Waals surface area contributed by atoms with Crippen molar-refractivity contribution in [3.63, 3.8) is 0 Å². The number of nitrogens with zero attached hydrogens (tertiary/aromatic N) is 2. The summed E-state index contributed by atoms with van der Waals surface area (Å²) in [5, 5.41) is 16.5. The Morgan fingerprint density at radius 1 is 1.37 bits per heavy atom. The molecule has 1 heterocycles. The third-order valence-electron chi connectivity index (χ3n) is 2.99. The standard InChI is InChI=1S/C14H17N3O2/c1-10(13-7-8-17(2)16-13)15-9-11-3-5-12(6-4-11)14(18)19/h3-8,10,15H,9H2,1-2H3,(H,18,19). The molecule has 1 unspecified atom stereocenters. The van der Waals surface area contributed by atoms with E-state index in [0.29, 0.717) is 12.1 Å². The van der Waals surface area contributed by atoms with Crippen molar-refractivity contribution in [1.82, 2.24) is 15.1 Å². The molecule has 0 fully saturated rings. The minimum atomic E-state index is -0.902. The molecule has 0 saturated carbocycles. The van der Waals surface area contributed by atoms with Crippen LogP contribution < -0.4 is 5.32 Å². The zero-order valence-corrected chi connectivity index (χ0v) is 11.0. The van der Waals surface area contributed by atoms with Gasteiger partial charge in [0.2, 0.25) is 0 Å². The van der Waals surface area contributed by atoms with Crippen LogP contribution in [0.4, 0.5) is 0 Å². The Morgan fingerprint density at radius 3 is 2.58 bits per heavy atom. The summed E-state index contributed by atoms with van der Waals surface area (Å²) in [4.78, 5) is 10.7. The monoisotopic (exact) mass is 259 g/mol. The maximum Gasteiger partial charge on any atom is 0.335 e. The first-order chi connectivity index (χ1) is 9.06. The Hall–Kier alpha value is -2.14. The van der Waals surface area contributed by atoms with Crippen molar-refractivity contribution in [1.29, 1.82) is 0 Å². The highest BCUT2D eigenvalue weighted by Crippen LogP contribution is 2.10. The molecule has 100 valence electrons. The number of nitrogens with one attached hydrogen (secondary N) is 1. The highest BCUT2D eigenvalue weighted by atomic mass is 16.4. The first-order valence-electron chi connectivity index (χ1n) is 6.11. The number of aryl methyl sites for hydroxylation is 1. The number of rotatable bonds is 5. The molecule has 19 heavy (non-hydrogen) atoms. The molecule has 0 aliphatic rings. The van der Waals surface area contributed by atoms with Crippen LogP contribution in [0.5, 0.6) is 0 Å². The third kappa shape index (κ3) is 3.42. The summed E-state index contributed by atoms with van der Waals surface area (Å²) in [6.45, 7) is 2.73. The maximum atomic E-state index is 10.7. The Morgan fingerprint density at radius 2 is 2.05 bits per heavy atom. The molecule has 2 rings (SSSR count). The summed E-state index contributed by atoms with van der Waals surface area (Å²) >= 11 is 0. The van der Waals surface area contributed by atoms with E-state index in [9.17, 15) is 4.79 Å². The van der Waals surface area contributed by atoms with Gasteiger partial charge in [0, 0.05) is 25.8 Å². The summed E-state index contributed by atoms with van der Waals surface area (Å²) in [7, 11) is 1.89. The van der Waals surface area contributed by atoms with Crippen molar-refractivity contribution in [2.24, 2.45) is 7.05 Å². The van der Waals surface area contributed by atoms with Gasteiger partial charge in [-0.1, -0.05) is 12.1 Å². The Bertz CT molecular complexity index is 560. The van der Waals surface area contributed by atoms with Crippen LogP contribution in [0.1, 0.15) is 34.6 Å². The predicted molar refractivity (Wildman–Crippen MR) is 71.9 cm³/mol. The molecule has 1 aromatic carbocycles. The highest BCUT2D eigenvalue weighted by Gasteiger charge is 2.08. The summed E-state index contributed by atoms with van der Waals surface area (Å²) in [6, 6.07) is 9.00. The van der Waals surface area contributed by atoms with Gasteiger partial charge in [0.25, 0.3) is 0 Å². The molecule has 0 bridgehead atoms. The van der Waals surface area contributed by atoms with Gasteiger partial charge in [-0.25, -0.2) is 4.79 Å². The van der Waals surface area contributed by atoms with Crippen LogP contribution in [0, 0.1) is 0 Å². The number of carboxylic acid groups (broad SMARTS) is 1. The van der Waals surface area contributed by atoms with Crippen molar-refractivity contribution < 1.29 is 9.90 Å². The molecule has 0 aliphatic carbocycles. The van der Waals surface area contributed by atoms with Crippen molar-refractivity contribution in [2.75, 3.05) is 0 Å². The number of hydrogen-bond acceptors (Lipinski definition) is 3. The molecule has 5 nitrogen and oxygen atoms in total. The average Bonchev–Trinajstić information content (AvgIpc) is 2.83. The van der Waals surface area contributed by atoms with E-state index in [-0.39, 0.29) is 6.04 Å². The van der Waals surface area contributed by atoms with Gasteiger partial charge in [-0.3, -0.25) is 4.68 Å². The fraction of sp³-hybridized carbons (Fsp3) is 0.286. The second kappa shape index (κ2) is 5.67. The van der Waals surface area contributed by atoms with Gasteiger partial charge in [-0.2, -0.15) is 5.10 Å². The van der Waals surface area contributed by atoms with Crippen molar-refractivity contribution in [3.8, 4) is 0 Å². The molecule has 5 heteroatoms. The van der Waals surface area contributed by atoms with Crippen LogP contribution in [0.25, 0.3) is 0 Å². The minimum Gasteiger partial charge on any atom is -0.478 e. The molecule has 0 radical (unpaired) electrons. The molecule has 0 spiro atoms. The molecule has 1 atom stereocenters. The lowest BCUT2D eigenvalue weighted by molar-refractivity contribution is 0.0697. The first-order valence-corrected chi connectivity index (χ1v) is 6.11. The molecule has 0 aliphatic heterocycles. The number of benzene rings is 1. The Kier molecular flexibility index (Phi) is 3.97. The third-order valence-corrected chi connectivity index (χ3v) is 2.99. The molecular weight excluding hydrogens is 242 g/mol. The van der Waals surface area contributed by atoms with Crippen LogP contribution in [0.3, 0.4) is 0 Å². The van der Waals surface area contributed by atoms with Crippen LogP contribution >= 0.6 is 0 Å². The predicted octanol–water partition coefficient (Wildman–Crippen LogP) is 1.97. The van der Waals surface area contributed by atoms with E-state index < -0.39 is 5.97 Å². The van der Waals surface area contributed by atoms with Gasteiger partial charge >= 0.3 is 5.97 Å². The SMILES string of the molecule is CC(NCc1ccc(C(=O)O)cc1)c1ccn(C)n1. The van der Waals surface area contributed by atoms with Crippen molar-refractivity contribution in [2.45, 2.75) is 19.5 Å². The highest BCUT2D eigenvalue weighted by molar-refractivity contribution is 5.87. The van der Waals surface area contributed by atoms with Crippen LogP contribution in [-0.4, -0.2) is 20.9 Å². The molecule has 0 saturated heterocycles. The quantitative estimate of drug-likeness (QED) is 0.861. The lowest BCUT2D eigenvalue weighted by Crippen LogP contribution is -2.18. The maximum absolute atomic E-state index is 10.7. The molecular formula is C14H17N3O2. The summed E-state index contributed by atoms with van der Waals surface area (Å²) in [5.74, 6) is -0.902. The van der Waals surface area contributed by atoms with E-state index in [2.05, 4.69) is 10.4 Å². The van der Waals surface area contributed by atoms with E-state index in [1.165, 1.54) is 0 Å². The number of carbonyl (C=O) groups is 1. The van der Waals surface area contributed by atoms with Gasteiger partial charge in [-0.15, -0.1) is 0 Å². The van der Waals surface area contributed by atoms with Gasteiger partial charge in [-0.05, 0) is 30.7 Å². The zero-order valence-electron chi connectivity index (χ0n) is 11.0. The Balaban J connectivity index is 1.93. The van der Waals surface area contributed by atoms with Gasteiger partial charge < -0.3 is 10.4 Å². The van der Waals surface area contributed by atoms with Gasteiger partial charge in [0.15, 0.2) is 0 Å². The molecule has 0 amide bonds. The minimum absolute atomic E-state index is 0.153. The van der Waals surface area contributed by atoms with Gasteiger partial charge in [0.1, 0.15) is 0 Å². The number of aromatic carboxylic acids is 1. The second-order valence-electron chi connectivity index (χ2n) is 4.52. The summed E-state index contributed by atoms with van der Waals surface area (Å²) < 4.78 is 1.77. The first kappa shape index (κ1) is 13.3. The summed E-state index contributed by atoms with van der Waals surface area (Å²) in [5.41, 5.74) is 2.35. The fourth-order valence-corrected chi connectivity index (χ4v) is 1.80. The molecule has 1 aromatic heterocycles. The molecule has 2 aromatic rings. The number of carboxylic acids is 1. The number of aromatic nitrogens is 2. The lowest BCUT2D eigenvalue weighted by atomic mass is 10.1. The van der Waals surface area contributed by atoms with E-state index in [1.807, 2.05) is 38.4 Å². The van der Waals surface area contributed by atoms with E-state index in [1.54, 1.807) is 16.8 Å². The zero-order chi connectivity index (χ0) is 13.8. The number of hydrogen-bond donors (Lipinski definition) is 2.